The highest BCUT2D eigenvalue weighted by atomic mass is 16.5. The zero-order valence-corrected chi connectivity index (χ0v) is 12.6. The molecule has 0 unspecified atom stereocenters. The normalized spacial score (nSPS) is 21.3. The van der Waals surface area contributed by atoms with Crippen LogP contribution in [-0.4, -0.2) is 54.1 Å². The fourth-order valence-electron chi connectivity index (χ4n) is 2.62. The first kappa shape index (κ1) is 16.2. The first-order chi connectivity index (χ1) is 10.5. The number of rotatable bonds is 3. The maximum atomic E-state index is 11.7. The summed E-state index contributed by atoms with van der Waals surface area (Å²) in [5.41, 5.74) is 0.994. The smallest absolute Gasteiger partial charge is 0.339 e. The molecule has 1 aromatic heterocycles. The summed E-state index contributed by atoms with van der Waals surface area (Å²) in [6.45, 7) is 2.49. The highest BCUT2D eigenvalue weighted by Gasteiger charge is 2.29. The molecule has 1 aromatic rings. The summed E-state index contributed by atoms with van der Waals surface area (Å²) in [7, 11) is 1.28. The van der Waals surface area contributed by atoms with Crippen LogP contribution in [-0.2, 0) is 4.74 Å². The molecule has 2 heterocycles. The van der Waals surface area contributed by atoms with Crippen molar-refractivity contribution in [3.63, 3.8) is 0 Å². The molecule has 0 radical (unpaired) electrons. The number of esters is 1. The van der Waals surface area contributed by atoms with Crippen LogP contribution in [0.5, 0.6) is 0 Å². The van der Waals surface area contributed by atoms with Crippen molar-refractivity contribution in [1.82, 2.24) is 4.98 Å². The van der Waals surface area contributed by atoms with Gasteiger partial charge in [0.05, 0.1) is 30.0 Å². The summed E-state index contributed by atoms with van der Waals surface area (Å²) in [5.74, 6) is -0.243. The van der Waals surface area contributed by atoms with E-state index in [0.29, 0.717) is 31.0 Å². The summed E-state index contributed by atoms with van der Waals surface area (Å²) in [6, 6.07) is 3.50. The van der Waals surface area contributed by atoms with E-state index in [9.17, 15) is 20.3 Å². The number of piperidine rings is 1. The van der Waals surface area contributed by atoms with Crippen LogP contribution in [0.2, 0.25) is 0 Å². The molecule has 0 amide bonds. The lowest BCUT2D eigenvalue weighted by atomic mass is 9.94. The third-order valence-electron chi connectivity index (χ3n) is 3.97. The van der Waals surface area contributed by atoms with Crippen molar-refractivity contribution in [3.05, 3.63) is 22.9 Å². The van der Waals surface area contributed by atoms with E-state index < -0.39 is 12.1 Å². The van der Waals surface area contributed by atoms with Crippen LogP contribution >= 0.6 is 0 Å². The Morgan fingerprint density at radius 1 is 1.64 bits per heavy atom. The molecule has 0 saturated carbocycles. The topological polar surface area (TPSA) is 107 Å². The number of aliphatic hydroxyl groups excluding tert-OH is 2. The van der Waals surface area contributed by atoms with Crippen molar-refractivity contribution >= 4 is 11.8 Å². The maximum Gasteiger partial charge on any atom is 0.339 e. The summed E-state index contributed by atoms with van der Waals surface area (Å²) < 4.78 is 4.68. The lowest BCUT2D eigenvalue weighted by Gasteiger charge is -2.36. The number of pyridine rings is 1. The average molecular weight is 305 g/mol. The molecule has 1 saturated heterocycles. The minimum Gasteiger partial charge on any atom is -0.465 e. The van der Waals surface area contributed by atoms with Crippen LogP contribution in [0.3, 0.4) is 0 Å². The molecule has 2 N–H and O–H groups in total. The van der Waals surface area contributed by atoms with Gasteiger partial charge in [0, 0.05) is 25.6 Å². The Kier molecular flexibility index (Phi) is 4.96. The SMILES string of the molecule is COC(=O)c1cc(C#N)c(N2CC[C@@H](CO)[C@H](O)C2)nc1C. The van der Waals surface area contributed by atoms with Crippen molar-refractivity contribution in [1.29, 1.82) is 5.26 Å². The van der Waals surface area contributed by atoms with E-state index in [1.54, 1.807) is 6.92 Å². The van der Waals surface area contributed by atoms with Crippen LogP contribution in [0.25, 0.3) is 0 Å². The molecular weight excluding hydrogens is 286 g/mol. The van der Waals surface area contributed by atoms with Gasteiger partial charge in [-0.25, -0.2) is 9.78 Å². The first-order valence-electron chi connectivity index (χ1n) is 7.05. The molecule has 2 atom stereocenters. The minimum absolute atomic E-state index is 0.0617. The van der Waals surface area contributed by atoms with E-state index >= 15 is 0 Å². The number of anilines is 1. The average Bonchev–Trinajstić information content (AvgIpc) is 2.53. The van der Waals surface area contributed by atoms with Gasteiger partial charge in [0.1, 0.15) is 11.9 Å². The minimum atomic E-state index is -0.673. The molecule has 1 aliphatic heterocycles. The van der Waals surface area contributed by atoms with Crippen LogP contribution in [0.1, 0.15) is 28.0 Å². The highest BCUT2D eigenvalue weighted by molar-refractivity contribution is 5.91. The Labute approximate surface area is 128 Å². The van der Waals surface area contributed by atoms with Crippen LogP contribution in [0.15, 0.2) is 6.07 Å². The van der Waals surface area contributed by atoms with Crippen molar-refractivity contribution in [2.75, 3.05) is 31.7 Å². The summed E-state index contributed by atoms with van der Waals surface area (Å²) in [6.07, 6.45) is -0.0603. The number of hydrogen-bond donors (Lipinski definition) is 2. The second-order valence-corrected chi connectivity index (χ2v) is 5.34. The van der Waals surface area contributed by atoms with Crippen molar-refractivity contribution in [2.45, 2.75) is 19.4 Å². The van der Waals surface area contributed by atoms with Crippen LogP contribution in [0, 0.1) is 24.2 Å². The molecular formula is C15H19N3O4. The number of carbonyl (C=O) groups is 1. The number of nitrogens with zero attached hydrogens (tertiary/aromatic N) is 3. The van der Waals surface area contributed by atoms with Crippen molar-refractivity contribution in [2.24, 2.45) is 5.92 Å². The molecule has 0 aliphatic carbocycles. The lowest BCUT2D eigenvalue weighted by Crippen LogP contribution is -2.45. The molecule has 0 aromatic carbocycles. The Balaban J connectivity index is 2.34. The van der Waals surface area contributed by atoms with E-state index in [1.165, 1.54) is 13.2 Å². The standard InChI is InChI=1S/C15H19N3O4/c1-9-12(15(21)22-2)5-11(6-16)14(17-9)18-4-3-10(8-19)13(20)7-18/h5,10,13,19-20H,3-4,7-8H2,1-2H3/t10-,13+/m0/s1. The van der Waals surface area contributed by atoms with E-state index in [4.69, 9.17) is 0 Å². The van der Waals surface area contributed by atoms with E-state index in [-0.39, 0.29) is 23.7 Å². The van der Waals surface area contributed by atoms with Gasteiger partial charge in [-0.3, -0.25) is 0 Å². The number of methoxy groups -OCH3 is 1. The van der Waals surface area contributed by atoms with Gasteiger partial charge in [0.2, 0.25) is 0 Å². The van der Waals surface area contributed by atoms with Gasteiger partial charge in [0.15, 0.2) is 0 Å². The Hall–Kier alpha value is -2.17. The number of ether oxygens (including phenoxy) is 1. The van der Waals surface area contributed by atoms with Gasteiger partial charge in [-0.2, -0.15) is 5.26 Å². The zero-order valence-electron chi connectivity index (χ0n) is 12.6. The molecule has 7 heteroatoms. The van der Waals surface area contributed by atoms with Crippen LogP contribution in [0.4, 0.5) is 5.82 Å². The second kappa shape index (κ2) is 6.73. The molecule has 0 spiro atoms. The third kappa shape index (κ3) is 3.03. The van der Waals surface area contributed by atoms with Gasteiger partial charge in [0.25, 0.3) is 0 Å². The fraction of sp³-hybridized carbons (Fsp3) is 0.533. The van der Waals surface area contributed by atoms with E-state index in [1.807, 2.05) is 11.0 Å². The molecule has 1 aliphatic rings. The largest absolute Gasteiger partial charge is 0.465 e. The lowest BCUT2D eigenvalue weighted by molar-refractivity contribution is 0.0544. The number of aliphatic hydroxyl groups is 2. The Morgan fingerprint density at radius 2 is 2.36 bits per heavy atom. The number of carbonyl (C=O) groups excluding carboxylic acids is 1. The second-order valence-electron chi connectivity index (χ2n) is 5.34. The van der Waals surface area contributed by atoms with E-state index in [0.717, 1.165) is 0 Å². The number of hydrogen-bond acceptors (Lipinski definition) is 7. The summed E-state index contributed by atoms with van der Waals surface area (Å²) >= 11 is 0. The van der Waals surface area contributed by atoms with Crippen molar-refractivity contribution in [3.8, 4) is 6.07 Å². The van der Waals surface area contributed by atoms with Gasteiger partial charge in [-0.15, -0.1) is 0 Å². The predicted molar refractivity (Wildman–Crippen MR) is 78.4 cm³/mol. The number of nitriles is 1. The van der Waals surface area contributed by atoms with Gasteiger partial charge in [-0.05, 0) is 19.4 Å². The third-order valence-corrected chi connectivity index (χ3v) is 3.97. The quantitative estimate of drug-likeness (QED) is 0.770. The maximum absolute atomic E-state index is 11.7. The molecule has 22 heavy (non-hydrogen) atoms. The van der Waals surface area contributed by atoms with Gasteiger partial charge in [-0.1, -0.05) is 0 Å². The molecule has 118 valence electrons. The van der Waals surface area contributed by atoms with Gasteiger partial charge >= 0.3 is 5.97 Å². The molecule has 7 nitrogen and oxygen atoms in total. The Morgan fingerprint density at radius 3 is 2.91 bits per heavy atom. The first-order valence-corrected chi connectivity index (χ1v) is 7.05. The number of aryl methyl sites for hydroxylation is 1. The monoisotopic (exact) mass is 305 g/mol. The zero-order chi connectivity index (χ0) is 16.3. The summed E-state index contributed by atoms with van der Waals surface area (Å²) in [4.78, 5) is 17.8. The molecule has 1 fully saturated rings. The van der Waals surface area contributed by atoms with E-state index in [2.05, 4.69) is 9.72 Å². The van der Waals surface area contributed by atoms with Crippen LogP contribution < -0.4 is 4.90 Å². The molecule has 0 bridgehead atoms. The molecule has 2 rings (SSSR count). The predicted octanol–water partition coefficient (Wildman–Crippen LogP) is 0.228. The fourth-order valence-corrected chi connectivity index (χ4v) is 2.62. The van der Waals surface area contributed by atoms with Gasteiger partial charge < -0.3 is 19.8 Å². The number of β-amino-alcohol motifs (C(OH)–C–C–N with tert-alkyl or cyclic N) is 1. The summed E-state index contributed by atoms with van der Waals surface area (Å²) in [5, 5.41) is 28.5. The van der Waals surface area contributed by atoms with Crippen molar-refractivity contribution < 1.29 is 19.7 Å². The number of aromatic nitrogens is 1. The highest BCUT2D eigenvalue weighted by Crippen LogP contribution is 2.26. The Bertz CT molecular complexity index is 612.